The molecule has 0 saturated heterocycles. The Morgan fingerprint density at radius 3 is 2.71 bits per heavy atom. The molecule has 0 saturated carbocycles. The molecule has 0 aliphatic heterocycles. The van der Waals surface area contributed by atoms with E-state index in [4.69, 9.17) is 11.6 Å². The van der Waals surface area contributed by atoms with Crippen LogP contribution in [0.3, 0.4) is 0 Å². The van der Waals surface area contributed by atoms with Crippen LogP contribution in [-0.4, -0.2) is 0 Å². The number of benzene rings is 1. The van der Waals surface area contributed by atoms with Gasteiger partial charge in [-0.2, -0.15) is 0 Å². The minimum Gasteiger partial charge on any atom is -0.378 e. The van der Waals surface area contributed by atoms with Gasteiger partial charge in [0.1, 0.15) is 5.82 Å². The summed E-state index contributed by atoms with van der Waals surface area (Å²) in [5.41, 5.74) is 2.00. The first-order valence-electron chi connectivity index (χ1n) is 5.33. The van der Waals surface area contributed by atoms with Crippen molar-refractivity contribution in [3.05, 3.63) is 50.9 Å². The molecular weight excluding hydrogens is 257 g/mol. The molecule has 2 rings (SSSR count). The third-order valence-corrected chi connectivity index (χ3v) is 4.11. The van der Waals surface area contributed by atoms with Crippen LogP contribution in [0.5, 0.6) is 0 Å². The standard InChI is InChI=1S/C13H13ClFNS/c1-8-5-6-17-13(8)9(2)16-10-3-4-11(14)12(15)7-10/h3-7,9,16H,1-2H3. The van der Waals surface area contributed by atoms with Crippen molar-refractivity contribution in [1.82, 2.24) is 0 Å². The van der Waals surface area contributed by atoms with Crippen molar-refractivity contribution in [2.45, 2.75) is 19.9 Å². The fourth-order valence-electron chi connectivity index (χ4n) is 1.73. The highest BCUT2D eigenvalue weighted by Gasteiger charge is 2.10. The summed E-state index contributed by atoms with van der Waals surface area (Å²) in [6.07, 6.45) is 0. The highest BCUT2D eigenvalue weighted by atomic mass is 35.5. The van der Waals surface area contributed by atoms with E-state index >= 15 is 0 Å². The van der Waals surface area contributed by atoms with E-state index in [-0.39, 0.29) is 11.1 Å². The van der Waals surface area contributed by atoms with Crippen LogP contribution in [0.25, 0.3) is 0 Å². The van der Waals surface area contributed by atoms with Gasteiger partial charge in [-0.15, -0.1) is 11.3 Å². The van der Waals surface area contributed by atoms with Crippen molar-refractivity contribution in [3.63, 3.8) is 0 Å². The number of halogens is 2. The van der Waals surface area contributed by atoms with E-state index in [1.165, 1.54) is 16.5 Å². The zero-order valence-electron chi connectivity index (χ0n) is 9.63. The van der Waals surface area contributed by atoms with Crippen molar-refractivity contribution in [3.8, 4) is 0 Å². The van der Waals surface area contributed by atoms with Gasteiger partial charge in [-0.1, -0.05) is 11.6 Å². The molecule has 17 heavy (non-hydrogen) atoms. The second kappa shape index (κ2) is 5.07. The maximum atomic E-state index is 13.3. The number of nitrogens with one attached hydrogen (secondary N) is 1. The van der Waals surface area contributed by atoms with Crippen molar-refractivity contribution < 1.29 is 4.39 Å². The van der Waals surface area contributed by atoms with Crippen LogP contribution in [-0.2, 0) is 0 Å². The van der Waals surface area contributed by atoms with Crippen LogP contribution in [0.2, 0.25) is 5.02 Å². The van der Waals surface area contributed by atoms with E-state index in [1.54, 1.807) is 23.5 Å². The first-order valence-corrected chi connectivity index (χ1v) is 6.59. The second-order valence-electron chi connectivity index (χ2n) is 3.96. The maximum Gasteiger partial charge on any atom is 0.143 e. The molecule has 1 atom stereocenters. The van der Waals surface area contributed by atoms with E-state index in [0.29, 0.717) is 0 Å². The van der Waals surface area contributed by atoms with Crippen molar-refractivity contribution in [1.29, 1.82) is 0 Å². The summed E-state index contributed by atoms with van der Waals surface area (Å²) < 4.78 is 13.3. The van der Waals surface area contributed by atoms with Gasteiger partial charge in [-0.25, -0.2) is 4.39 Å². The lowest BCUT2D eigenvalue weighted by molar-refractivity contribution is 0.628. The van der Waals surface area contributed by atoms with Crippen molar-refractivity contribution in [2.75, 3.05) is 5.32 Å². The minimum atomic E-state index is -0.397. The third-order valence-electron chi connectivity index (χ3n) is 2.60. The fourth-order valence-corrected chi connectivity index (χ4v) is 2.78. The molecule has 0 aliphatic rings. The first-order chi connectivity index (χ1) is 8.08. The number of aryl methyl sites for hydroxylation is 1. The molecule has 0 spiro atoms. The largest absolute Gasteiger partial charge is 0.378 e. The SMILES string of the molecule is Cc1ccsc1C(C)Nc1ccc(Cl)c(F)c1. The summed E-state index contributed by atoms with van der Waals surface area (Å²) >= 11 is 7.34. The normalized spacial score (nSPS) is 12.5. The molecule has 1 heterocycles. The molecule has 0 fully saturated rings. The molecule has 1 nitrogen and oxygen atoms in total. The Kier molecular flexibility index (Phi) is 3.69. The molecule has 2 aromatic rings. The average molecular weight is 270 g/mol. The van der Waals surface area contributed by atoms with Gasteiger partial charge in [-0.05, 0) is 49.1 Å². The highest BCUT2D eigenvalue weighted by Crippen LogP contribution is 2.28. The lowest BCUT2D eigenvalue weighted by Crippen LogP contribution is -2.06. The Morgan fingerprint density at radius 2 is 2.12 bits per heavy atom. The zero-order chi connectivity index (χ0) is 12.4. The summed E-state index contributed by atoms with van der Waals surface area (Å²) in [7, 11) is 0. The van der Waals surface area contributed by atoms with E-state index in [2.05, 4.69) is 30.6 Å². The lowest BCUT2D eigenvalue weighted by atomic mass is 10.2. The average Bonchev–Trinajstić information content (AvgIpc) is 2.70. The van der Waals surface area contributed by atoms with Crippen molar-refractivity contribution in [2.24, 2.45) is 0 Å². The fraction of sp³-hybridized carbons (Fsp3) is 0.231. The molecule has 1 unspecified atom stereocenters. The monoisotopic (exact) mass is 269 g/mol. The van der Waals surface area contributed by atoms with E-state index in [0.717, 1.165) is 5.69 Å². The molecule has 1 aromatic carbocycles. The summed E-state index contributed by atoms with van der Waals surface area (Å²) in [6.45, 7) is 4.14. The number of thiophene rings is 1. The number of hydrogen-bond donors (Lipinski definition) is 1. The Morgan fingerprint density at radius 1 is 1.35 bits per heavy atom. The topological polar surface area (TPSA) is 12.0 Å². The maximum absolute atomic E-state index is 13.3. The van der Waals surface area contributed by atoms with Gasteiger partial charge < -0.3 is 5.32 Å². The molecule has 0 radical (unpaired) electrons. The smallest absolute Gasteiger partial charge is 0.143 e. The van der Waals surface area contributed by atoms with E-state index < -0.39 is 5.82 Å². The molecule has 1 aromatic heterocycles. The summed E-state index contributed by atoms with van der Waals surface area (Å²) in [4.78, 5) is 1.26. The summed E-state index contributed by atoms with van der Waals surface area (Å²) in [6, 6.07) is 7.01. The molecule has 90 valence electrons. The summed E-state index contributed by atoms with van der Waals surface area (Å²) in [5, 5.41) is 5.47. The molecular formula is C13H13ClFNS. The summed E-state index contributed by atoms with van der Waals surface area (Å²) in [5.74, 6) is -0.397. The van der Waals surface area contributed by atoms with Gasteiger partial charge in [0.05, 0.1) is 11.1 Å². The molecule has 0 bridgehead atoms. The minimum absolute atomic E-state index is 0.149. The van der Waals surface area contributed by atoms with Gasteiger partial charge in [0.25, 0.3) is 0 Å². The number of hydrogen-bond acceptors (Lipinski definition) is 2. The number of rotatable bonds is 3. The van der Waals surface area contributed by atoms with Crippen LogP contribution in [0.1, 0.15) is 23.4 Å². The van der Waals surface area contributed by atoms with Gasteiger partial charge in [0.2, 0.25) is 0 Å². The lowest BCUT2D eigenvalue weighted by Gasteiger charge is -2.15. The number of anilines is 1. The van der Waals surface area contributed by atoms with E-state index in [1.807, 2.05) is 0 Å². The Hall–Kier alpha value is -1.06. The Bertz CT molecular complexity index is 524. The quantitative estimate of drug-likeness (QED) is 0.825. The molecule has 4 heteroatoms. The zero-order valence-corrected chi connectivity index (χ0v) is 11.2. The predicted octanol–water partition coefficient (Wildman–Crippen LogP) is 5.02. The second-order valence-corrected chi connectivity index (χ2v) is 5.32. The highest BCUT2D eigenvalue weighted by molar-refractivity contribution is 7.10. The molecule has 1 N–H and O–H groups in total. The van der Waals surface area contributed by atoms with Crippen LogP contribution >= 0.6 is 22.9 Å². The first kappa shape index (κ1) is 12.4. The van der Waals surface area contributed by atoms with Gasteiger partial charge in [0, 0.05) is 10.6 Å². The Labute approximate surface area is 109 Å². The van der Waals surface area contributed by atoms with Crippen LogP contribution in [0.15, 0.2) is 29.6 Å². The Balaban J connectivity index is 2.16. The molecule has 0 amide bonds. The molecule has 0 aliphatic carbocycles. The van der Waals surface area contributed by atoms with E-state index in [9.17, 15) is 4.39 Å². The predicted molar refractivity (Wildman–Crippen MR) is 72.5 cm³/mol. The van der Waals surface area contributed by atoms with Gasteiger partial charge in [0.15, 0.2) is 0 Å². The van der Waals surface area contributed by atoms with Gasteiger partial charge in [-0.3, -0.25) is 0 Å². The van der Waals surface area contributed by atoms with Crippen LogP contribution in [0, 0.1) is 12.7 Å². The van der Waals surface area contributed by atoms with Gasteiger partial charge >= 0.3 is 0 Å². The third kappa shape index (κ3) is 2.79. The van der Waals surface area contributed by atoms with Crippen molar-refractivity contribution >= 4 is 28.6 Å². The van der Waals surface area contributed by atoms with Crippen LogP contribution < -0.4 is 5.32 Å². The van der Waals surface area contributed by atoms with Crippen LogP contribution in [0.4, 0.5) is 10.1 Å².